The quantitative estimate of drug-likeness (QED) is 0.832. The highest BCUT2D eigenvalue weighted by Gasteiger charge is 2.17. The molecule has 2 amide bonds. The predicted molar refractivity (Wildman–Crippen MR) is 66.9 cm³/mol. The minimum atomic E-state index is -0.603. The minimum absolute atomic E-state index is 0.135. The summed E-state index contributed by atoms with van der Waals surface area (Å²) < 4.78 is 4.83. The first-order valence-corrected chi connectivity index (χ1v) is 5.92. The van der Waals surface area contributed by atoms with E-state index in [1.165, 1.54) is 0 Å². The van der Waals surface area contributed by atoms with Crippen LogP contribution in [0.5, 0.6) is 0 Å². The molecule has 0 aliphatic rings. The second-order valence-electron chi connectivity index (χ2n) is 4.70. The molecule has 1 atom stereocenters. The van der Waals surface area contributed by atoms with Gasteiger partial charge >= 0.3 is 0 Å². The maximum atomic E-state index is 11.7. The third-order valence-corrected chi connectivity index (χ3v) is 2.24. The first-order valence-electron chi connectivity index (χ1n) is 5.92. The van der Waals surface area contributed by atoms with Gasteiger partial charge in [-0.25, -0.2) is 0 Å². The lowest BCUT2D eigenvalue weighted by Crippen LogP contribution is -2.41. The van der Waals surface area contributed by atoms with Gasteiger partial charge in [0, 0.05) is 12.5 Å². The number of carbonyl (C=O) groups is 2. The molecule has 1 aromatic rings. The summed E-state index contributed by atoms with van der Waals surface area (Å²) in [6.45, 7) is 7.25. The fraction of sp³-hybridized carbons (Fsp3) is 0.583. The van der Waals surface area contributed by atoms with Crippen LogP contribution in [0.25, 0.3) is 0 Å². The first kappa shape index (κ1) is 14.2. The molecular formula is C12H19N3O3. The van der Waals surface area contributed by atoms with Crippen LogP contribution < -0.4 is 10.6 Å². The number of aryl methyl sites for hydroxylation is 1. The fourth-order valence-corrected chi connectivity index (χ4v) is 1.40. The molecule has 1 aromatic heterocycles. The second kappa shape index (κ2) is 6.18. The Labute approximate surface area is 106 Å². The van der Waals surface area contributed by atoms with Crippen molar-refractivity contribution in [3.05, 3.63) is 11.8 Å². The molecule has 6 heteroatoms. The lowest BCUT2D eigenvalue weighted by Gasteiger charge is -2.13. The number of nitrogens with zero attached hydrogens (tertiary/aromatic N) is 1. The molecule has 100 valence electrons. The summed E-state index contributed by atoms with van der Waals surface area (Å²) >= 11 is 0. The fourth-order valence-electron chi connectivity index (χ4n) is 1.40. The highest BCUT2D eigenvalue weighted by molar-refractivity contribution is 5.96. The molecule has 1 rings (SSSR count). The van der Waals surface area contributed by atoms with E-state index < -0.39 is 6.04 Å². The van der Waals surface area contributed by atoms with Crippen molar-refractivity contribution in [2.24, 2.45) is 5.92 Å². The number of hydrogen-bond acceptors (Lipinski definition) is 4. The van der Waals surface area contributed by atoms with Gasteiger partial charge in [-0.3, -0.25) is 9.59 Å². The highest BCUT2D eigenvalue weighted by atomic mass is 16.5. The average Bonchev–Trinajstić information content (AvgIpc) is 2.62. The molecule has 0 bridgehead atoms. The van der Waals surface area contributed by atoms with E-state index in [1.54, 1.807) is 19.9 Å². The van der Waals surface area contributed by atoms with Gasteiger partial charge in [-0.05, 0) is 19.8 Å². The van der Waals surface area contributed by atoms with Crippen LogP contribution in [0.3, 0.4) is 0 Å². The van der Waals surface area contributed by atoms with Crippen LogP contribution in [-0.2, 0) is 9.59 Å². The van der Waals surface area contributed by atoms with Crippen LogP contribution in [0.1, 0.15) is 33.0 Å². The maximum Gasteiger partial charge on any atom is 0.247 e. The molecule has 0 aliphatic carbocycles. The van der Waals surface area contributed by atoms with Crippen molar-refractivity contribution < 1.29 is 14.1 Å². The second-order valence-corrected chi connectivity index (χ2v) is 4.70. The SMILES string of the molecule is Cc1cc(NC(=O)[C@@H](C)NC(=O)CC(C)C)no1. The molecule has 2 N–H and O–H groups in total. The number of aromatic nitrogens is 1. The summed E-state index contributed by atoms with van der Waals surface area (Å²) in [7, 11) is 0. The number of rotatable bonds is 5. The Bertz CT molecular complexity index is 426. The molecule has 0 spiro atoms. The lowest BCUT2D eigenvalue weighted by atomic mass is 10.1. The van der Waals surface area contributed by atoms with Crippen molar-refractivity contribution in [2.45, 2.75) is 40.2 Å². The molecule has 0 saturated carbocycles. The third-order valence-electron chi connectivity index (χ3n) is 2.24. The van der Waals surface area contributed by atoms with E-state index in [0.717, 1.165) is 0 Å². The summed E-state index contributed by atoms with van der Waals surface area (Å²) in [4.78, 5) is 23.2. The summed E-state index contributed by atoms with van der Waals surface area (Å²) in [6, 6.07) is 1.01. The van der Waals surface area contributed by atoms with E-state index in [-0.39, 0.29) is 17.7 Å². The minimum Gasteiger partial charge on any atom is -0.360 e. The molecule has 6 nitrogen and oxygen atoms in total. The Hall–Kier alpha value is -1.85. The van der Waals surface area contributed by atoms with Crippen molar-refractivity contribution in [3.63, 3.8) is 0 Å². The Morgan fingerprint density at radius 3 is 2.56 bits per heavy atom. The standard InChI is InChI=1S/C12H19N3O3/c1-7(2)5-11(16)13-9(4)12(17)14-10-6-8(3)18-15-10/h6-7,9H,5H2,1-4H3,(H,13,16)(H,14,15,17)/t9-/m1/s1. The van der Waals surface area contributed by atoms with E-state index in [9.17, 15) is 9.59 Å². The van der Waals surface area contributed by atoms with Crippen molar-refractivity contribution in [1.29, 1.82) is 0 Å². The van der Waals surface area contributed by atoms with E-state index >= 15 is 0 Å². The van der Waals surface area contributed by atoms with E-state index in [0.29, 0.717) is 18.0 Å². The summed E-state index contributed by atoms with van der Waals surface area (Å²) in [5.41, 5.74) is 0. The Morgan fingerprint density at radius 1 is 1.39 bits per heavy atom. The average molecular weight is 253 g/mol. The Morgan fingerprint density at radius 2 is 2.06 bits per heavy atom. The molecule has 0 saturated heterocycles. The topological polar surface area (TPSA) is 84.2 Å². The van der Waals surface area contributed by atoms with Gasteiger partial charge in [0.25, 0.3) is 0 Å². The lowest BCUT2D eigenvalue weighted by molar-refractivity contribution is -0.126. The van der Waals surface area contributed by atoms with E-state index in [1.807, 2.05) is 13.8 Å². The summed E-state index contributed by atoms with van der Waals surface area (Å²) in [5, 5.41) is 8.84. The predicted octanol–water partition coefficient (Wildman–Crippen LogP) is 1.47. The van der Waals surface area contributed by atoms with Crippen molar-refractivity contribution in [1.82, 2.24) is 10.5 Å². The first-order chi connectivity index (χ1) is 8.38. The van der Waals surface area contributed by atoms with Gasteiger partial charge in [0.15, 0.2) is 5.82 Å². The van der Waals surface area contributed by atoms with Crippen LogP contribution in [-0.4, -0.2) is 23.0 Å². The molecule has 0 aromatic carbocycles. The molecule has 0 fully saturated rings. The molecular weight excluding hydrogens is 234 g/mol. The molecule has 0 unspecified atom stereocenters. The third kappa shape index (κ3) is 4.57. The van der Waals surface area contributed by atoms with Crippen LogP contribution in [0.15, 0.2) is 10.6 Å². The van der Waals surface area contributed by atoms with Gasteiger partial charge in [0.05, 0.1) is 0 Å². The normalized spacial score (nSPS) is 12.3. The Kier molecular flexibility index (Phi) is 4.88. The zero-order chi connectivity index (χ0) is 13.7. The van der Waals surface area contributed by atoms with Gasteiger partial charge in [0.1, 0.15) is 11.8 Å². The number of nitrogens with one attached hydrogen (secondary N) is 2. The largest absolute Gasteiger partial charge is 0.360 e. The monoisotopic (exact) mass is 253 g/mol. The van der Waals surface area contributed by atoms with Crippen LogP contribution in [0, 0.1) is 12.8 Å². The number of amides is 2. The zero-order valence-electron chi connectivity index (χ0n) is 11.1. The summed E-state index contributed by atoms with van der Waals surface area (Å²) in [5.74, 6) is 0.770. The Balaban J connectivity index is 2.44. The van der Waals surface area contributed by atoms with Gasteiger partial charge in [-0.2, -0.15) is 0 Å². The smallest absolute Gasteiger partial charge is 0.247 e. The number of anilines is 1. The molecule has 0 radical (unpaired) electrons. The van der Waals surface area contributed by atoms with Crippen LogP contribution in [0.4, 0.5) is 5.82 Å². The van der Waals surface area contributed by atoms with E-state index in [2.05, 4.69) is 15.8 Å². The van der Waals surface area contributed by atoms with E-state index in [4.69, 9.17) is 4.52 Å². The summed E-state index contributed by atoms with van der Waals surface area (Å²) in [6.07, 6.45) is 0.403. The maximum absolute atomic E-state index is 11.7. The van der Waals surface area contributed by atoms with Gasteiger partial charge in [0.2, 0.25) is 11.8 Å². The van der Waals surface area contributed by atoms with Gasteiger partial charge in [-0.1, -0.05) is 19.0 Å². The van der Waals surface area contributed by atoms with Crippen molar-refractivity contribution in [3.8, 4) is 0 Å². The number of carbonyl (C=O) groups excluding carboxylic acids is 2. The van der Waals surface area contributed by atoms with Crippen molar-refractivity contribution >= 4 is 17.6 Å². The van der Waals surface area contributed by atoms with Crippen molar-refractivity contribution in [2.75, 3.05) is 5.32 Å². The highest BCUT2D eigenvalue weighted by Crippen LogP contribution is 2.07. The van der Waals surface area contributed by atoms with Crippen LogP contribution in [0.2, 0.25) is 0 Å². The number of hydrogen-bond donors (Lipinski definition) is 2. The zero-order valence-corrected chi connectivity index (χ0v) is 11.1. The van der Waals surface area contributed by atoms with Gasteiger partial charge in [-0.15, -0.1) is 0 Å². The molecule has 0 aliphatic heterocycles. The van der Waals surface area contributed by atoms with Crippen LogP contribution >= 0.6 is 0 Å². The molecule has 1 heterocycles. The van der Waals surface area contributed by atoms with Gasteiger partial charge < -0.3 is 15.2 Å². The molecule has 18 heavy (non-hydrogen) atoms.